The molecule has 3 N–H and O–H groups in total. The molecular formula is C16H18ClF2N3O2. The number of rotatable bonds is 6. The number of halogens is 3. The molecule has 130 valence electrons. The lowest BCUT2D eigenvalue weighted by Crippen LogP contribution is -2.27. The van der Waals surface area contributed by atoms with Gasteiger partial charge in [0.15, 0.2) is 0 Å². The number of carbonyl (C=O) groups is 1. The number of aromatic nitrogens is 1. The van der Waals surface area contributed by atoms with Gasteiger partial charge in [-0.1, -0.05) is 18.2 Å². The van der Waals surface area contributed by atoms with E-state index in [1.807, 2.05) is 0 Å². The second kappa shape index (κ2) is 9.14. The number of alkyl halides is 2. The minimum Gasteiger partial charge on any atom is -0.434 e. The van der Waals surface area contributed by atoms with Crippen LogP contribution in [-0.2, 0) is 6.54 Å². The minimum atomic E-state index is -2.92. The van der Waals surface area contributed by atoms with E-state index >= 15 is 0 Å². The number of hydrogen-bond acceptors (Lipinski definition) is 4. The number of hydrogen-bond donors (Lipinski definition) is 2. The summed E-state index contributed by atoms with van der Waals surface area (Å²) in [5, 5.41) is 2.74. The number of nitrogens with two attached hydrogens (primary N) is 1. The van der Waals surface area contributed by atoms with Gasteiger partial charge >= 0.3 is 6.61 Å². The summed E-state index contributed by atoms with van der Waals surface area (Å²) in [7, 11) is 0. The van der Waals surface area contributed by atoms with Crippen molar-refractivity contribution < 1.29 is 18.3 Å². The zero-order valence-corrected chi connectivity index (χ0v) is 13.7. The van der Waals surface area contributed by atoms with Crippen molar-refractivity contribution in [2.24, 2.45) is 5.73 Å². The molecule has 8 heteroatoms. The van der Waals surface area contributed by atoms with Gasteiger partial charge in [0.05, 0.1) is 11.7 Å². The summed E-state index contributed by atoms with van der Waals surface area (Å²) in [5.41, 5.74) is 6.95. The van der Waals surface area contributed by atoms with Gasteiger partial charge in [0.1, 0.15) is 5.75 Å². The molecule has 0 spiro atoms. The SMILES string of the molecule is CC(NC(=O)c1ccnc(CN)c1)c1ccccc1OC(F)F.Cl. The molecule has 1 atom stereocenters. The number of carbonyl (C=O) groups excluding carboxylic acids is 1. The third kappa shape index (κ3) is 5.14. The van der Waals surface area contributed by atoms with Crippen LogP contribution in [0.1, 0.15) is 34.6 Å². The highest BCUT2D eigenvalue weighted by atomic mass is 35.5. The van der Waals surface area contributed by atoms with Crippen molar-refractivity contribution in [1.29, 1.82) is 0 Å². The zero-order chi connectivity index (χ0) is 16.8. The van der Waals surface area contributed by atoms with E-state index in [1.54, 1.807) is 37.3 Å². The Bertz CT molecular complexity index is 686. The van der Waals surface area contributed by atoms with Crippen molar-refractivity contribution in [2.75, 3.05) is 0 Å². The van der Waals surface area contributed by atoms with Crippen molar-refractivity contribution in [3.8, 4) is 5.75 Å². The maximum atomic E-state index is 12.4. The molecule has 1 aromatic carbocycles. The molecule has 1 unspecified atom stereocenters. The van der Waals surface area contributed by atoms with Crippen LogP contribution in [0.4, 0.5) is 8.78 Å². The lowest BCUT2D eigenvalue weighted by atomic mass is 10.1. The summed E-state index contributed by atoms with van der Waals surface area (Å²) in [6.45, 7) is -1.01. The van der Waals surface area contributed by atoms with E-state index in [2.05, 4.69) is 15.0 Å². The van der Waals surface area contributed by atoms with Gasteiger partial charge in [-0.15, -0.1) is 12.4 Å². The van der Waals surface area contributed by atoms with E-state index in [4.69, 9.17) is 5.73 Å². The molecule has 1 aromatic heterocycles. The maximum absolute atomic E-state index is 12.4. The molecule has 1 amide bonds. The lowest BCUT2D eigenvalue weighted by molar-refractivity contribution is -0.0506. The predicted octanol–water partition coefficient (Wildman–Crippen LogP) is 3.05. The number of para-hydroxylation sites is 1. The van der Waals surface area contributed by atoms with Crippen LogP contribution in [0, 0.1) is 0 Å². The molecule has 0 fully saturated rings. The standard InChI is InChI=1S/C16H17F2N3O2.ClH/c1-10(13-4-2-3-5-14(13)23-16(17)18)21-15(22)11-6-7-20-12(8-11)9-19;/h2-8,10,16H,9,19H2,1H3,(H,21,22);1H. The molecule has 0 saturated heterocycles. The number of pyridine rings is 1. The van der Waals surface area contributed by atoms with Crippen LogP contribution in [0.3, 0.4) is 0 Å². The molecule has 0 saturated carbocycles. The van der Waals surface area contributed by atoms with E-state index in [-0.39, 0.29) is 30.6 Å². The largest absolute Gasteiger partial charge is 0.434 e. The molecule has 0 aliphatic heterocycles. The first-order valence-corrected chi connectivity index (χ1v) is 7.01. The van der Waals surface area contributed by atoms with E-state index in [0.717, 1.165) is 0 Å². The van der Waals surface area contributed by atoms with Crippen molar-refractivity contribution in [2.45, 2.75) is 26.1 Å². The van der Waals surface area contributed by atoms with Gasteiger partial charge in [-0.2, -0.15) is 8.78 Å². The predicted molar refractivity (Wildman–Crippen MR) is 88.3 cm³/mol. The highest BCUT2D eigenvalue weighted by molar-refractivity contribution is 5.94. The van der Waals surface area contributed by atoms with Gasteiger partial charge < -0.3 is 15.8 Å². The topological polar surface area (TPSA) is 77.2 Å². The quantitative estimate of drug-likeness (QED) is 0.833. The number of nitrogens with zero attached hydrogens (tertiary/aromatic N) is 1. The zero-order valence-electron chi connectivity index (χ0n) is 12.9. The molecule has 0 radical (unpaired) electrons. The summed E-state index contributed by atoms with van der Waals surface area (Å²) in [6, 6.07) is 8.98. The fourth-order valence-electron chi connectivity index (χ4n) is 2.13. The first kappa shape index (κ1) is 19.8. The summed E-state index contributed by atoms with van der Waals surface area (Å²) in [4.78, 5) is 16.3. The Morgan fingerprint density at radius 3 is 2.71 bits per heavy atom. The smallest absolute Gasteiger partial charge is 0.387 e. The van der Waals surface area contributed by atoms with Crippen LogP contribution in [0.5, 0.6) is 5.75 Å². The molecule has 0 bridgehead atoms. The van der Waals surface area contributed by atoms with E-state index < -0.39 is 12.7 Å². The monoisotopic (exact) mass is 357 g/mol. The van der Waals surface area contributed by atoms with Crippen molar-refractivity contribution in [3.63, 3.8) is 0 Å². The Morgan fingerprint density at radius 2 is 2.04 bits per heavy atom. The third-order valence-corrected chi connectivity index (χ3v) is 3.24. The van der Waals surface area contributed by atoms with Crippen LogP contribution in [0.25, 0.3) is 0 Å². The van der Waals surface area contributed by atoms with Crippen molar-refractivity contribution >= 4 is 18.3 Å². The normalized spacial score (nSPS) is 11.5. The van der Waals surface area contributed by atoms with Crippen LogP contribution < -0.4 is 15.8 Å². The molecule has 1 heterocycles. The Labute approximate surface area is 144 Å². The van der Waals surface area contributed by atoms with Gasteiger partial charge in [0.2, 0.25) is 0 Å². The van der Waals surface area contributed by atoms with Crippen LogP contribution in [0.15, 0.2) is 42.6 Å². The molecular weight excluding hydrogens is 340 g/mol. The highest BCUT2D eigenvalue weighted by Crippen LogP contribution is 2.26. The van der Waals surface area contributed by atoms with Gasteiger partial charge in [-0.05, 0) is 25.1 Å². The maximum Gasteiger partial charge on any atom is 0.387 e. The van der Waals surface area contributed by atoms with Crippen LogP contribution in [0.2, 0.25) is 0 Å². The van der Waals surface area contributed by atoms with Crippen LogP contribution in [-0.4, -0.2) is 17.5 Å². The number of benzene rings is 1. The molecule has 24 heavy (non-hydrogen) atoms. The summed E-state index contributed by atoms with van der Waals surface area (Å²) >= 11 is 0. The van der Waals surface area contributed by atoms with E-state index in [1.165, 1.54) is 12.3 Å². The first-order chi connectivity index (χ1) is 11.0. The third-order valence-electron chi connectivity index (χ3n) is 3.24. The van der Waals surface area contributed by atoms with E-state index in [9.17, 15) is 13.6 Å². The second-order valence-electron chi connectivity index (χ2n) is 4.85. The van der Waals surface area contributed by atoms with E-state index in [0.29, 0.717) is 16.8 Å². The summed E-state index contributed by atoms with van der Waals surface area (Å²) in [6.07, 6.45) is 1.50. The summed E-state index contributed by atoms with van der Waals surface area (Å²) < 4.78 is 29.4. The highest BCUT2D eigenvalue weighted by Gasteiger charge is 2.17. The van der Waals surface area contributed by atoms with Gasteiger partial charge in [-0.3, -0.25) is 9.78 Å². The minimum absolute atomic E-state index is 0. The fraction of sp³-hybridized carbons (Fsp3) is 0.250. The molecule has 0 aliphatic carbocycles. The first-order valence-electron chi connectivity index (χ1n) is 7.01. The molecule has 2 rings (SSSR count). The molecule has 0 aliphatic rings. The molecule has 2 aromatic rings. The average Bonchev–Trinajstić information content (AvgIpc) is 2.54. The Balaban J connectivity index is 0.00000288. The average molecular weight is 358 g/mol. The van der Waals surface area contributed by atoms with Gasteiger partial charge in [-0.25, -0.2) is 0 Å². The number of amides is 1. The van der Waals surface area contributed by atoms with Crippen molar-refractivity contribution in [3.05, 3.63) is 59.4 Å². The lowest BCUT2D eigenvalue weighted by Gasteiger charge is -2.18. The van der Waals surface area contributed by atoms with Crippen molar-refractivity contribution in [1.82, 2.24) is 10.3 Å². The van der Waals surface area contributed by atoms with Gasteiger partial charge in [0, 0.05) is 23.9 Å². The fourth-order valence-corrected chi connectivity index (χ4v) is 2.13. The number of nitrogens with one attached hydrogen (secondary N) is 1. The Hall–Kier alpha value is -2.25. The van der Waals surface area contributed by atoms with Crippen LogP contribution >= 0.6 is 12.4 Å². The second-order valence-corrected chi connectivity index (χ2v) is 4.85. The Morgan fingerprint density at radius 1 is 1.33 bits per heavy atom. The van der Waals surface area contributed by atoms with Gasteiger partial charge in [0.25, 0.3) is 5.91 Å². The summed E-state index contributed by atoms with van der Waals surface area (Å²) in [5.74, 6) is -0.311. The Kier molecular flexibility index (Phi) is 7.54. The number of ether oxygens (including phenoxy) is 1. The molecule has 5 nitrogen and oxygen atoms in total.